The fourth-order valence-corrected chi connectivity index (χ4v) is 1.02. The number of rotatable bonds is 2. The van der Waals surface area contributed by atoms with Gasteiger partial charge in [0, 0.05) is 0 Å². The Morgan fingerprint density at radius 3 is 2.64 bits per heavy atom. The van der Waals surface area contributed by atoms with Crippen molar-refractivity contribution in [1.82, 2.24) is 4.98 Å². The Kier molecular flexibility index (Phi) is 3.20. The van der Waals surface area contributed by atoms with Gasteiger partial charge in [-0.05, 0) is 28.1 Å². The van der Waals surface area contributed by atoms with E-state index in [1.165, 1.54) is 12.1 Å². The van der Waals surface area contributed by atoms with Crippen molar-refractivity contribution in [3.05, 3.63) is 16.6 Å². The van der Waals surface area contributed by atoms with Gasteiger partial charge >= 0.3 is 6.18 Å². The molecular formula is C7H6BrF3N2O. The van der Waals surface area contributed by atoms with Gasteiger partial charge in [-0.3, -0.25) is 0 Å². The maximum Gasteiger partial charge on any atom is 0.422 e. The van der Waals surface area contributed by atoms with Crippen LogP contribution in [0.1, 0.15) is 0 Å². The third-order valence-corrected chi connectivity index (χ3v) is 1.81. The van der Waals surface area contributed by atoms with Gasteiger partial charge in [-0.2, -0.15) is 18.2 Å². The number of pyridine rings is 1. The molecule has 0 aliphatic carbocycles. The van der Waals surface area contributed by atoms with E-state index in [2.05, 4.69) is 25.7 Å². The molecule has 0 unspecified atom stereocenters. The molecule has 0 aliphatic rings. The summed E-state index contributed by atoms with van der Waals surface area (Å²) in [6.45, 7) is -1.39. The minimum atomic E-state index is -4.38. The molecule has 14 heavy (non-hydrogen) atoms. The van der Waals surface area contributed by atoms with Gasteiger partial charge in [0.1, 0.15) is 5.82 Å². The molecule has 1 aromatic rings. The summed E-state index contributed by atoms with van der Waals surface area (Å²) in [7, 11) is 0. The van der Waals surface area contributed by atoms with Crippen molar-refractivity contribution in [2.75, 3.05) is 12.3 Å². The Bertz CT molecular complexity index is 329. The monoisotopic (exact) mass is 270 g/mol. The number of hydrogen-bond donors (Lipinski definition) is 1. The van der Waals surface area contributed by atoms with Crippen molar-refractivity contribution < 1.29 is 17.9 Å². The largest absolute Gasteiger partial charge is 0.467 e. The molecule has 7 heteroatoms. The summed E-state index contributed by atoms with van der Waals surface area (Å²) >= 11 is 2.99. The number of nitrogens with two attached hydrogens (primary N) is 1. The van der Waals surface area contributed by atoms with Crippen molar-refractivity contribution in [3.63, 3.8) is 0 Å². The number of alkyl halides is 3. The van der Waals surface area contributed by atoms with Crippen molar-refractivity contribution in [1.29, 1.82) is 0 Å². The van der Waals surface area contributed by atoms with Crippen LogP contribution in [0.25, 0.3) is 0 Å². The summed E-state index contributed by atoms with van der Waals surface area (Å²) in [6, 6.07) is 2.92. The number of nitrogens with zero attached hydrogens (tertiary/aromatic N) is 1. The number of halogens is 4. The Balaban J connectivity index is 2.72. The van der Waals surface area contributed by atoms with E-state index in [1.807, 2.05) is 0 Å². The fourth-order valence-electron chi connectivity index (χ4n) is 0.689. The van der Waals surface area contributed by atoms with Crippen LogP contribution in [0.5, 0.6) is 5.88 Å². The molecule has 0 fully saturated rings. The predicted molar refractivity (Wildman–Crippen MR) is 47.9 cm³/mol. The minimum Gasteiger partial charge on any atom is -0.467 e. The first-order valence-electron chi connectivity index (χ1n) is 3.50. The molecule has 0 saturated carbocycles. The molecule has 0 spiro atoms. The molecule has 0 radical (unpaired) electrons. The second-order valence-electron chi connectivity index (χ2n) is 2.43. The van der Waals surface area contributed by atoms with Crippen LogP contribution < -0.4 is 10.5 Å². The molecule has 1 rings (SSSR count). The average Bonchev–Trinajstić information content (AvgIpc) is 2.05. The summed E-state index contributed by atoms with van der Waals surface area (Å²) in [6.07, 6.45) is -4.38. The standard InChI is InChI=1S/C7H6BrF3N2O/c8-4-1-2-5(12)13-6(4)14-3-7(9,10)11/h1-2H,3H2,(H2,12,13). The van der Waals surface area contributed by atoms with Gasteiger partial charge in [-0.25, -0.2) is 0 Å². The SMILES string of the molecule is Nc1ccc(Br)c(OCC(F)(F)F)n1. The van der Waals surface area contributed by atoms with Crippen LogP contribution in [0.2, 0.25) is 0 Å². The summed E-state index contributed by atoms with van der Waals surface area (Å²) in [5, 5.41) is 0. The molecule has 3 nitrogen and oxygen atoms in total. The van der Waals surface area contributed by atoms with Gasteiger partial charge in [0.05, 0.1) is 4.47 Å². The van der Waals surface area contributed by atoms with E-state index < -0.39 is 12.8 Å². The topological polar surface area (TPSA) is 48.1 Å². The quantitative estimate of drug-likeness (QED) is 0.898. The van der Waals surface area contributed by atoms with E-state index in [0.29, 0.717) is 4.47 Å². The first-order chi connectivity index (χ1) is 6.38. The zero-order valence-corrected chi connectivity index (χ0v) is 8.39. The van der Waals surface area contributed by atoms with Crippen LogP contribution in [-0.2, 0) is 0 Å². The smallest absolute Gasteiger partial charge is 0.422 e. The first kappa shape index (κ1) is 11.1. The van der Waals surface area contributed by atoms with Gasteiger partial charge < -0.3 is 10.5 Å². The number of hydrogen-bond acceptors (Lipinski definition) is 3. The Morgan fingerprint density at radius 1 is 1.43 bits per heavy atom. The lowest BCUT2D eigenvalue weighted by molar-refractivity contribution is -0.154. The molecule has 0 aliphatic heterocycles. The van der Waals surface area contributed by atoms with E-state index >= 15 is 0 Å². The van der Waals surface area contributed by atoms with Gasteiger partial charge in [0.15, 0.2) is 6.61 Å². The number of aromatic nitrogens is 1. The van der Waals surface area contributed by atoms with E-state index in [9.17, 15) is 13.2 Å². The lowest BCUT2D eigenvalue weighted by Crippen LogP contribution is -2.20. The molecule has 0 saturated heterocycles. The lowest BCUT2D eigenvalue weighted by atomic mass is 10.4. The van der Waals surface area contributed by atoms with Crippen LogP contribution in [0.3, 0.4) is 0 Å². The minimum absolute atomic E-state index is 0.102. The highest BCUT2D eigenvalue weighted by atomic mass is 79.9. The van der Waals surface area contributed by atoms with Crippen molar-refractivity contribution in [2.24, 2.45) is 0 Å². The number of nitrogen functional groups attached to an aromatic ring is 1. The highest BCUT2D eigenvalue weighted by molar-refractivity contribution is 9.10. The first-order valence-corrected chi connectivity index (χ1v) is 4.29. The summed E-state index contributed by atoms with van der Waals surface area (Å²) in [5.74, 6) is -0.0623. The second-order valence-corrected chi connectivity index (χ2v) is 3.28. The zero-order valence-electron chi connectivity index (χ0n) is 6.81. The molecule has 0 aromatic carbocycles. The van der Waals surface area contributed by atoms with Crippen LogP contribution in [0.15, 0.2) is 16.6 Å². The van der Waals surface area contributed by atoms with Crippen LogP contribution in [0.4, 0.5) is 19.0 Å². The molecule has 78 valence electrons. The maximum atomic E-state index is 11.8. The second kappa shape index (κ2) is 4.04. The molecule has 2 N–H and O–H groups in total. The van der Waals surface area contributed by atoms with Crippen molar-refractivity contribution in [3.8, 4) is 5.88 Å². The van der Waals surface area contributed by atoms with E-state index in [-0.39, 0.29) is 11.7 Å². The van der Waals surface area contributed by atoms with E-state index in [1.54, 1.807) is 0 Å². The van der Waals surface area contributed by atoms with Crippen molar-refractivity contribution >= 4 is 21.7 Å². The van der Waals surface area contributed by atoms with Crippen LogP contribution in [0, 0.1) is 0 Å². The van der Waals surface area contributed by atoms with Gasteiger partial charge in [-0.15, -0.1) is 0 Å². The molecule has 1 heterocycles. The summed E-state index contributed by atoms with van der Waals surface area (Å²) in [4.78, 5) is 3.58. The Morgan fingerprint density at radius 2 is 2.07 bits per heavy atom. The van der Waals surface area contributed by atoms with E-state index in [4.69, 9.17) is 5.73 Å². The molecule has 0 bridgehead atoms. The molecule has 1 aromatic heterocycles. The van der Waals surface area contributed by atoms with Crippen LogP contribution >= 0.6 is 15.9 Å². The molecular weight excluding hydrogens is 265 g/mol. The van der Waals surface area contributed by atoms with Crippen molar-refractivity contribution in [2.45, 2.75) is 6.18 Å². The number of anilines is 1. The third-order valence-electron chi connectivity index (χ3n) is 1.21. The third kappa shape index (κ3) is 3.41. The van der Waals surface area contributed by atoms with Gasteiger partial charge in [0.25, 0.3) is 0 Å². The van der Waals surface area contributed by atoms with E-state index in [0.717, 1.165) is 0 Å². The highest BCUT2D eigenvalue weighted by Gasteiger charge is 2.29. The average molecular weight is 271 g/mol. The summed E-state index contributed by atoms with van der Waals surface area (Å²) < 4.78 is 40.1. The lowest BCUT2D eigenvalue weighted by Gasteiger charge is -2.09. The Labute approximate surface area is 86.2 Å². The van der Waals surface area contributed by atoms with Gasteiger partial charge in [-0.1, -0.05) is 0 Å². The van der Waals surface area contributed by atoms with Crippen LogP contribution in [-0.4, -0.2) is 17.8 Å². The van der Waals surface area contributed by atoms with Gasteiger partial charge in [0.2, 0.25) is 5.88 Å². The molecule has 0 atom stereocenters. The fraction of sp³-hybridized carbons (Fsp3) is 0.286. The molecule has 0 amide bonds. The predicted octanol–water partition coefficient (Wildman–Crippen LogP) is 2.37. The zero-order chi connectivity index (χ0) is 10.8. The summed E-state index contributed by atoms with van der Waals surface area (Å²) in [5.41, 5.74) is 5.27. The number of ether oxygens (including phenoxy) is 1. The Hall–Kier alpha value is -0.980. The maximum absolute atomic E-state index is 11.8. The highest BCUT2D eigenvalue weighted by Crippen LogP contribution is 2.25. The normalized spacial score (nSPS) is 11.4.